The zero-order valence-corrected chi connectivity index (χ0v) is 10.4. The van der Waals surface area contributed by atoms with Gasteiger partial charge in [0.25, 0.3) is 0 Å². The van der Waals surface area contributed by atoms with Crippen molar-refractivity contribution >= 4 is 11.0 Å². The second-order valence-electron chi connectivity index (χ2n) is 4.48. The van der Waals surface area contributed by atoms with E-state index in [1.165, 1.54) is 0 Å². The number of nitrogens with two attached hydrogens (primary N) is 1. The smallest absolute Gasteiger partial charge is 0.138 e. The Balaban J connectivity index is 2.06. The molecule has 4 heteroatoms. The van der Waals surface area contributed by atoms with Gasteiger partial charge in [0, 0.05) is 12.1 Å². The van der Waals surface area contributed by atoms with Gasteiger partial charge in [-0.3, -0.25) is 0 Å². The lowest BCUT2D eigenvalue weighted by Gasteiger charge is -2.06. The number of aromatic amines is 1. The summed E-state index contributed by atoms with van der Waals surface area (Å²) in [6.07, 6.45) is -0.632. The van der Waals surface area contributed by atoms with Gasteiger partial charge < -0.3 is 15.8 Å². The van der Waals surface area contributed by atoms with Crippen LogP contribution in [0.1, 0.15) is 11.7 Å². The Hall–Kier alpha value is -2.17. The largest absolute Gasteiger partial charge is 0.387 e. The first-order valence-corrected chi connectivity index (χ1v) is 6.21. The third-order valence-electron chi connectivity index (χ3n) is 3.16. The van der Waals surface area contributed by atoms with Crippen LogP contribution in [0.3, 0.4) is 0 Å². The molecule has 0 bridgehead atoms. The highest BCUT2D eigenvalue weighted by molar-refractivity contribution is 5.80. The van der Waals surface area contributed by atoms with Crippen LogP contribution >= 0.6 is 0 Å². The summed E-state index contributed by atoms with van der Waals surface area (Å²) in [5.41, 5.74) is 9.10. The quantitative estimate of drug-likeness (QED) is 0.670. The molecule has 4 nitrogen and oxygen atoms in total. The number of rotatable bonds is 3. The number of fused-ring (bicyclic) bond motifs is 1. The number of H-pyrrole nitrogens is 1. The molecule has 1 heterocycles. The van der Waals surface area contributed by atoms with Gasteiger partial charge in [-0.05, 0) is 17.7 Å². The fraction of sp³-hybridized carbons (Fsp3) is 0.133. The van der Waals surface area contributed by atoms with Crippen molar-refractivity contribution in [2.75, 3.05) is 6.54 Å². The molecule has 0 amide bonds. The Labute approximate surface area is 110 Å². The lowest BCUT2D eigenvalue weighted by atomic mass is 10.1. The molecule has 2 aromatic carbocycles. The molecule has 0 radical (unpaired) electrons. The van der Waals surface area contributed by atoms with Crippen LogP contribution in [0.2, 0.25) is 0 Å². The van der Waals surface area contributed by atoms with Crippen molar-refractivity contribution in [2.24, 2.45) is 5.73 Å². The Morgan fingerprint density at radius 1 is 1.16 bits per heavy atom. The van der Waals surface area contributed by atoms with E-state index in [9.17, 15) is 5.11 Å². The predicted molar refractivity (Wildman–Crippen MR) is 75.5 cm³/mol. The lowest BCUT2D eigenvalue weighted by molar-refractivity contribution is 0.187. The van der Waals surface area contributed by atoms with Crippen molar-refractivity contribution in [1.29, 1.82) is 0 Å². The van der Waals surface area contributed by atoms with E-state index in [4.69, 9.17) is 5.73 Å². The molecule has 96 valence electrons. The van der Waals surface area contributed by atoms with Crippen LogP contribution in [-0.4, -0.2) is 21.6 Å². The third-order valence-corrected chi connectivity index (χ3v) is 3.16. The summed E-state index contributed by atoms with van der Waals surface area (Å²) < 4.78 is 0. The van der Waals surface area contributed by atoms with Gasteiger partial charge in [-0.1, -0.05) is 36.4 Å². The van der Waals surface area contributed by atoms with Gasteiger partial charge in [0.05, 0.1) is 17.1 Å². The molecule has 1 atom stereocenters. The number of imidazole rings is 1. The predicted octanol–water partition coefficient (Wildman–Crippen LogP) is 2.22. The highest BCUT2D eigenvalue weighted by Crippen LogP contribution is 2.22. The SMILES string of the molecule is NCC(O)c1ccc2nc(-c3ccccc3)[nH]c2c1. The van der Waals surface area contributed by atoms with E-state index in [-0.39, 0.29) is 6.54 Å². The molecule has 0 saturated carbocycles. The van der Waals surface area contributed by atoms with E-state index < -0.39 is 6.10 Å². The minimum atomic E-state index is -0.632. The molecule has 19 heavy (non-hydrogen) atoms. The number of nitrogens with zero attached hydrogens (tertiary/aromatic N) is 1. The maximum absolute atomic E-state index is 9.75. The summed E-state index contributed by atoms with van der Waals surface area (Å²) in [5, 5.41) is 9.75. The fourth-order valence-corrected chi connectivity index (χ4v) is 2.10. The average molecular weight is 253 g/mol. The summed E-state index contributed by atoms with van der Waals surface area (Å²) in [4.78, 5) is 7.81. The van der Waals surface area contributed by atoms with Gasteiger partial charge in [0.1, 0.15) is 5.82 Å². The summed E-state index contributed by atoms with van der Waals surface area (Å²) in [7, 11) is 0. The summed E-state index contributed by atoms with van der Waals surface area (Å²) in [6, 6.07) is 15.6. The van der Waals surface area contributed by atoms with E-state index >= 15 is 0 Å². The molecule has 3 aromatic rings. The first kappa shape index (κ1) is 11.9. The number of aromatic nitrogens is 2. The Kier molecular flexibility index (Phi) is 3.03. The van der Waals surface area contributed by atoms with Gasteiger partial charge in [0.15, 0.2) is 0 Å². The fourth-order valence-electron chi connectivity index (χ4n) is 2.10. The summed E-state index contributed by atoms with van der Waals surface area (Å²) >= 11 is 0. The first-order chi connectivity index (χ1) is 9.28. The molecule has 0 aliphatic heterocycles. The average Bonchev–Trinajstić information content (AvgIpc) is 2.90. The van der Waals surface area contributed by atoms with Crippen LogP contribution in [0, 0.1) is 0 Å². The van der Waals surface area contributed by atoms with E-state index in [1.807, 2.05) is 48.5 Å². The number of hydrogen-bond donors (Lipinski definition) is 3. The Bertz CT molecular complexity index is 691. The van der Waals surface area contributed by atoms with Crippen molar-refractivity contribution in [2.45, 2.75) is 6.10 Å². The van der Waals surface area contributed by atoms with Crippen LogP contribution in [0.5, 0.6) is 0 Å². The van der Waals surface area contributed by atoms with Crippen LogP contribution in [-0.2, 0) is 0 Å². The van der Waals surface area contributed by atoms with Crippen LogP contribution < -0.4 is 5.73 Å². The number of aliphatic hydroxyl groups is 1. The van der Waals surface area contributed by atoms with Gasteiger partial charge >= 0.3 is 0 Å². The number of nitrogens with one attached hydrogen (secondary N) is 1. The van der Waals surface area contributed by atoms with E-state index in [1.54, 1.807) is 0 Å². The molecule has 3 rings (SSSR count). The second-order valence-corrected chi connectivity index (χ2v) is 4.48. The van der Waals surface area contributed by atoms with Crippen LogP contribution in [0.25, 0.3) is 22.4 Å². The maximum atomic E-state index is 9.75. The Morgan fingerprint density at radius 3 is 2.68 bits per heavy atom. The molecule has 4 N–H and O–H groups in total. The normalized spacial score (nSPS) is 12.7. The van der Waals surface area contributed by atoms with Crippen LogP contribution in [0.15, 0.2) is 48.5 Å². The second kappa shape index (κ2) is 4.84. The Morgan fingerprint density at radius 2 is 1.95 bits per heavy atom. The summed E-state index contributed by atoms with van der Waals surface area (Å²) in [5.74, 6) is 0.829. The van der Waals surface area contributed by atoms with Gasteiger partial charge in [0.2, 0.25) is 0 Å². The van der Waals surface area contributed by atoms with Crippen molar-refractivity contribution in [3.8, 4) is 11.4 Å². The van der Waals surface area contributed by atoms with Gasteiger partial charge in [-0.2, -0.15) is 0 Å². The number of benzene rings is 2. The zero-order chi connectivity index (χ0) is 13.2. The topological polar surface area (TPSA) is 74.9 Å². The van der Waals surface area contributed by atoms with Crippen molar-refractivity contribution < 1.29 is 5.11 Å². The third kappa shape index (κ3) is 2.23. The maximum Gasteiger partial charge on any atom is 0.138 e. The standard InChI is InChI=1S/C15H15N3O/c16-9-14(19)11-6-7-12-13(8-11)18-15(17-12)10-4-2-1-3-5-10/h1-8,14,19H,9,16H2,(H,17,18). The molecule has 0 saturated heterocycles. The monoisotopic (exact) mass is 253 g/mol. The first-order valence-electron chi connectivity index (χ1n) is 6.21. The van der Waals surface area contributed by atoms with Crippen molar-refractivity contribution in [1.82, 2.24) is 9.97 Å². The van der Waals surface area contributed by atoms with E-state index in [2.05, 4.69) is 9.97 Å². The molecule has 0 spiro atoms. The van der Waals surface area contributed by atoms with E-state index in [0.717, 1.165) is 28.0 Å². The minimum Gasteiger partial charge on any atom is -0.387 e. The molecule has 0 aliphatic rings. The molecular weight excluding hydrogens is 238 g/mol. The van der Waals surface area contributed by atoms with E-state index in [0.29, 0.717) is 0 Å². The molecule has 1 unspecified atom stereocenters. The minimum absolute atomic E-state index is 0.213. The highest BCUT2D eigenvalue weighted by atomic mass is 16.3. The molecule has 0 aliphatic carbocycles. The zero-order valence-electron chi connectivity index (χ0n) is 10.4. The number of aliphatic hydroxyl groups excluding tert-OH is 1. The molecular formula is C15H15N3O. The highest BCUT2D eigenvalue weighted by Gasteiger charge is 2.09. The van der Waals surface area contributed by atoms with Gasteiger partial charge in [-0.15, -0.1) is 0 Å². The molecule has 0 fully saturated rings. The van der Waals surface area contributed by atoms with Crippen molar-refractivity contribution in [3.05, 3.63) is 54.1 Å². The lowest BCUT2D eigenvalue weighted by Crippen LogP contribution is -2.11. The van der Waals surface area contributed by atoms with Crippen molar-refractivity contribution in [3.63, 3.8) is 0 Å². The van der Waals surface area contributed by atoms with Crippen LogP contribution in [0.4, 0.5) is 0 Å². The summed E-state index contributed by atoms with van der Waals surface area (Å²) in [6.45, 7) is 0.213. The number of hydrogen-bond acceptors (Lipinski definition) is 3. The molecule has 1 aromatic heterocycles. The van der Waals surface area contributed by atoms with Gasteiger partial charge in [-0.25, -0.2) is 4.98 Å².